The molecule has 0 aromatic heterocycles. The fourth-order valence-corrected chi connectivity index (χ4v) is 2.53. The van der Waals surface area contributed by atoms with Crippen LogP contribution in [0.4, 0.5) is 5.69 Å². The topological polar surface area (TPSA) is 55.1 Å². The zero-order chi connectivity index (χ0) is 11.9. The number of nitrogens with two attached hydrogens (primary N) is 1. The zero-order valence-electron chi connectivity index (χ0n) is 9.96. The Morgan fingerprint density at radius 2 is 2.12 bits per heavy atom. The molecule has 1 amide bonds. The van der Waals surface area contributed by atoms with E-state index in [9.17, 15) is 4.79 Å². The van der Waals surface area contributed by atoms with Gasteiger partial charge in [0.2, 0.25) is 5.91 Å². The van der Waals surface area contributed by atoms with Crippen LogP contribution >= 0.6 is 0 Å². The summed E-state index contributed by atoms with van der Waals surface area (Å²) in [5.41, 5.74) is 9.91. The van der Waals surface area contributed by atoms with Gasteiger partial charge in [-0.3, -0.25) is 4.79 Å². The van der Waals surface area contributed by atoms with Crippen molar-refractivity contribution in [2.24, 2.45) is 5.73 Å². The van der Waals surface area contributed by atoms with Crippen LogP contribution < -0.4 is 11.1 Å². The minimum Gasteiger partial charge on any atom is -0.326 e. The number of hydrogen-bond donors (Lipinski definition) is 2. The molecule has 1 aliphatic heterocycles. The highest BCUT2D eigenvalue weighted by molar-refractivity contribution is 5.94. The summed E-state index contributed by atoms with van der Waals surface area (Å²) in [6, 6.07) is 6.18. The fourth-order valence-electron chi connectivity index (χ4n) is 2.53. The molecule has 3 nitrogen and oxygen atoms in total. The van der Waals surface area contributed by atoms with Gasteiger partial charge in [0.05, 0.1) is 0 Å². The van der Waals surface area contributed by atoms with Crippen LogP contribution in [0.2, 0.25) is 0 Å². The minimum atomic E-state index is 0.112. The summed E-state index contributed by atoms with van der Waals surface area (Å²) in [7, 11) is 0. The molecule has 1 aromatic rings. The van der Waals surface area contributed by atoms with Gasteiger partial charge in [0.15, 0.2) is 0 Å². The van der Waals surface area contributed by atoms with Gasteiger partial charge in [-0.2, -0.15) is 0 Å². The Kier molecular flexibility index (Phi) is 2.44. The van der Waals surface area contributed by atoms with Gasteiger partial charge >= 0.3 is 0 Å². The van der Waals surface area contributed by atoms with E-state index in [1.165, 1.54) is 24.0 Å². The van der Waals surface area contributed by atoms with E-state index in [2.05, 4.69) is 11.4 Å². The van der Waals surface area contributed by atoms with E-state index < -0.39 is 0 Å². The second-order valence-corrected chi connectivity index (χ2v) is 5.35. The summed E-state index contributed by atoms with van der Waals surface area (Å²) in [6.07, 6.45) is 5.91. The molecule has 90 valence electrons. The van der Waals surface area contributed by atoms with Crippen molar-refractivity contribution in [1.82, 2.24) is 0 Å². The molecule has 3 heteroatoms. The van der Waals surface area contributed by atoms with Crippen molar-refractivity contribution in [2.75, 3.05) is 5.32 Å². The normalized spacial score (nSPS) is 20.6. The third kappa shape index (κ3) is 2.20. The van der Waals surface area contributed by atoms with Crippen molar-refractivity contribution in [1.29, 1.82) is 0 Å². The van der Waals surface area contributed by atoms with Crippen LogP contribution in [0.5, 0.6) is 0 Å². The molecule has 1 heterocycles. The number of hydrogen-bond acceptors (Lipinski definition) is 2. The summed E-state index contributed by atoms with van der Waals surface area (Å²) in [5, 5.41) is 2.94. The van der Waals surface area contributed by atoms with Gasteiger partial charge in [0, 0.05) is 17.6 Å². The monoisotopic (exact) mass is 230 g/mol. The van der Waals surface area contributed by atoms with E-state index in [4.69, 9.17) is 5.73 Å². The maximum absolute atomic E-state index is 11.3. The van der Waals surface area contributed by atoms with Crippen molar-refractivity contribution in [3.8, 4) is 0 Å². The number of fused-ring (bicyclic) bond motifs is 1. The highest BCUT2D eigenvalue weighted by atomic mass is 16.1. The predicted molar refractivity (Wildman–Crippen MR) is 67.9 cm³/mol. The summed E-state index contributed by atoms with van der Waals surface area (Å²) >= 11 is 0. The molecule has 0 radical (unpaired) electrons. The molecule has 0 saturated heterocycles. The van der Waals surface area contributed by atoms with Crippen molar-refractivity contribution < 1.29 is 4.79 Å². The maximum atomic E-state index is 11.3. The molecule has 2 aliphatic rings. The summed E-state index contributed by atoms with van der Waals surface area (Å²) in [5.74, 6) is 0.132. The highest BCUT2D eigenvalue weighted by Crippen LogP contribution is 2.37. The molecule has 3 N–H and O–H groups in total. The fraction of sp³-hybridized carbons (Fsp3) is 0.500. The molecule has 1 saturated carbocycles. The molecular formula is C14H18N2O. The third-order valence-electron chi connectivity index (χ3n) is 3.93. The van der Waals surface area contributed by atoms with Crippen molar-refractivity contribution in [3.05, 3.63) is 29.3 Å². The smallest absolute Gasteiger partial charge is 0.224 e. The number of benzene rings is 1. The molecule has 3 rings (SSSR count). The zero-order valence-corrected chi connectivity index (χ0v) is 9.96. The van der Waals surface area contributed by atoms with E-state index in [0.717, 1.165) is 24.9 Å². The van der Waals surface area contributed by atoms with Crippen LogP contribution in [0.1, 0.15) is 36.8 Å². The first kappa shape index (κ1) is 10.8. The van der Waals surface area contributed by atoms with Crippen LogP contribution in [0.15, 0.2) is 18.2 Å². The largest absolute Gasteiger partial charge is 0.326 e. The van der Waals surface area contributed by atoms with Gasteiger partial charge in [-0.25, -0.2) is 0 Å². The second kappa shape index (κ2) is 3.84. The molecular weight excluding hydrogens is 212 g/mol. The lowest BCUT2D eigenvalue weighted by atomic mass is 9.93. The van der Waals surface area contributed by atoms with Gasteiger partial charge in [-0.1, -0.05) is 12.1 Å². The van der Waals surface area contributed by atoms with Crippen molar-refractivity contribution in [2.45, 2.75) is 44.1 Å². The Hall–Kier alpha value is -1.35. The number of anilines is 1. The molecule has 1 aliphatic carbocycles. The number of amides is 1. The van der Waals surface area contributed by atoms with Crippen LogP contribution in [0, 0.1) is 0 Å². The van der Waals surface area contributed by atoms with E-state index in [0.29, 0.717) is 6.42 Å². The Labute approximate surface area is 101 Å². The Morgan fingerprint density at radius 3 is 2.88 bits per heavy atom. The first-order valence-corrected chi connectivity index (χ1v) is 6.36. The Morgan fingerprint density at radius 1 is 1.29 bits per heavy atom. The number of rotatable bonds is 3. The van der Waals surface area contributed by atoms with Crippen molar-refractivity contribution in [3.63, 3.8) is 0 Å². The average molecular weight is 230 g/mol. The van der Waals surface area contributed by atoms with Crippen LogP contribution in [-0.4, -0.2) is 11.4 Å². The molecule has 0 unspecified atom stereocenters. The maximum Gasteiger partial charge on any atom is 0.224 e. The first-order chi connectivity index (χ1) is 8.16. The van der Waals surface area contributed by atoms with Crippen LogP contribution in [-0.2, 0) is 17.6 Å². The lowest BCUT2D eigenvalue weighted by Gasteiger charge is -2.20. The van der Waals surface area contributed by atoms with Gasteiger partial charge < -0.3 is 11.1 Å². The number of carbonyl (C=O) groups excluding carboxylic acids is 1. The summed E-state index contributed by atoms with van der Waals surface area (Å²) in [6.45, 7) is 0. The molecule has 0 spiro atoms. The van der Waals surface area contributed by atoms with Crippen LogP contribution in [0.3, 0.4) is 0 Å². The molecule has 17 heavy (non-hydrogen) atoms. The van der Waals surface area contributed by atoms with E-state index in [1.807, 2.05) is 12.1 Å². The molecule has 0 atom stereocenters. The lowest BCUT2D eigenvalue weighted by molar-refractivity contribution is -0.116. The summed E-state index contributed by atoms with van der Waals surface area (Å²) < 4.78 is 0. The summed E-state index contributed by atoms with van der Waals surface area (Å²) in [4.78, 5) is 11.3. The Bertz CT molecular complexity index is 463. The quantitative estimate of drug-likeness (QED) is 0.834. The first-order valence-electron chi connectivity index (χ1n) is 6.36. The Balaban J connectivity index is 1.80. The number of nitrogens with one attached hydrogen (secondary N) is 1. The van der Waals surface area contributed by atoms with Gasteiger partial charge in [0.25, 0.3) is 0 Å². The van der Waals surface area contributed by atoms with Gasteiger partial charge in [-0.15, -0.1) is 0 Å². The van der Waals surface area contributed by atoms with Crippen molar-refractivity contribution >= 4 is 11.6 Å². The standard InChI is InChI=1S/C14H18N2O/c15-14(8-9-14)7-6-10-2-1-3-12-11(10)4-5-13(17)16-12/h1-3H,4-9,15H2,(H,16,17). The highest BCUT2D eigenvalue weighted by Gasteiger charge is 2.37. The van der Waals surface area contributed by atoms with Crippen LogP contribution in [0.25, 0.3) is 0 Å². The lowest BCUT2D eigenvalue weighted by Crippen LogP contribution is -2.23. The molecule has 1 fully saturated rings. The SMILES string of the molecule is NC1(CCc2cccc3c2CCC(=O)N3)CC1. The third-order valence-corrected chi connectivity index (χ3v) is 3.93. The van der Waals surface area contributed by atoms with E-state index >= 15 is 0 Å². The second-order valence-electron chi connectivity index (χ2n) is 5.35. The van der Waals surface area contributed by atoms with E-state index in [-0.39, 0.29) is 11.4 Å². The van der Waals surface area contributed by atoms with Gasteiger partial charge in [0.1, 0.15) is 0 Å². The predicted octanol–water partition coefficient (Wildman–Crippen LogP) is 2.00. The minimum absolute atomic E-state index is 0.112. The molecule has 1 aromatic carbocycles. The average Bonchev–Trinajstić information content (AvgIpc) is 3.05. The van der Waals surface area contributed by atoms with Gasteiger partial charge in [-0.05, 0) is 49.3 Å². The number of aryl methyl sites for hydroxylation is 1. The number of carbonyl (C=O) groups is 1. The molecule has 0 bridgehead atoms. The van der Waals surface area contributed by atoms with E-state index in [1.54, 1.807) is 0 Å².